The van der Waals surface area contributed by atoms with E-state index in [-0.39, 0.29) is 5.15 Å². The van der Waals surface area contributed by atoms with Crippen molar-refractivity contribution >= 4 is 24.8 Å². The van der Waals surface area contributed by atoms with Crippen LogP contribution in [0.1, 0.15) is 33.3 Å². The third-order valence-corrected chi connectivity index (χ3v) is 3.76. The fourth-order valence-electron chi connectivity index (χ4n) is 1.69. The molecule has 0 radical (unpaired) electrons. The van der Waals surface area contributed by atoms with Gasteiger partial charge in [-0.25, -0.2) is 9.37 Å². The average Bonchev–Trinajstić information content (AvgIpc) is 2.46. The first kappa shape index (κ1) is 14.5. The first-order chi connectivity index (χ1) is 8.71. The minimum atomic E-state index is -0.500. The summed E-state index contributed by atoms with van der Waals surface area (Å²) in [7, 11) is -0.500. The van der Waals surface area contributed by atoms with Crippen molar-refractivity contribution in [2.45, 2.75) is 38.9 Å². The molecule has 1 fully saturated rings. The lowest BCUT2D eigenvalue weighted by atomic mass is 9.89. The van der Waals surface area contributed by atoms with Crippen LogP contribution in [0.5, 0.6) is 0 Å². The van der Waals surface area contributed by atoms with E-state index in [9.17, 15) is 4.39 Å². The molecular weight excluding hydrogens is 267 g/mol. The van der Waals surface area contributed by atoms with E-state index in [1.165, 1.54) is 12.3 Å². The van der Waals surface area contributed by atoms with Crippen molar-refractivity contribution in [3.05, 3.63) is 34.8 Å². The van der Waals surface area contributed by atoms with Gasteiger partial charge in [-0.15, -0.1) is 0 Å². The molecule has 3 nitrogen and oxygen atoms in total. The van der Waals surface area contributed by atoms with Gasteiger partial charge in [-0.1, -0.05) is 23.7 Å². The summed E-state index contributed by atoms with van der Waals surface area (Å²) in [6.45, 7) is 7.85. The molecule has 0 amide bonds. The van der Waals surface area contributed by atoms with Gasteiger partial charge in [0.15, 0.2) is 0 Å². The highest BCUT2D eigenvalue weighted by Crippen LogP contribution is 2.37. The maximum Gasteiger partial charge on any atom is 0.487 e. The summed E-state index contributed by atoms with van der Waals surface area (Å²) < 4.78 is 25.1. The number of hydrogen-bond acceptors (Lipinski definition) is 3. The van der Waals surface area contributed by atoms with Crippen molar-refractivity contribution in [3.63, 3.8) is 0 Å². The van der Waals surface area contributed by atoms with Crippen molar-refractivity contribution in [1.82, 2.24) is 4.98 Å². The third kappa shape index (κ3) is 2.99. The van der Waals surface area contributed by atoms with Gasteiger partial charge in [-0.2, -0.15) is 0 Å². The largest absolute Gasteiger partial charge is 0.487 e. The molecule has 0 saturated carbocycles. The molecule has 2 rings (SSSR count). The first-order valence-corrected chi connectivity index (χ1v) is 6.44. The SMILES string of the molecule is CC1(C)OB(/C=C/c2cnc(Cl)cc2F)OC1(C)C. The second-order valence-corrected chi connectivity index (χ2v) is 5.90. The zero-order valence-corrected chi connectivity index (χ0v) is 12.2. The van der Waals surface area contributed by atoms with Crippen LogP contribution in [-0.2, 0) is 9.31 Å². The molecule has 0 aliphatic carbocycles. The Kier molecular flexibility index (Phi) is 3.73. The van der Waals surface area contributed by atoms with E-state index in [1.54, 1.807) is 12.1 Å². The maximum atomic E-state index is 13.6. The van der Waals surface area contributed by atoms with E-state index in [0.717, 1.165) is 0 Å². The van der Waals surface area contributed by atoms with Gasteiger partial charge in [0.2, 0.25) is 0 Å². The van der Waals surface area contributed by atoms with Crippen molar-refractivity contribution in [2.75, 3.05) is 0 Å². The lowest BCUT2D eigenvalue weighted by molar-refractivity contribution is 0.00578. The summed E-state index contributed by atoms with van der Waals surface area (Å²) in [6, 6.07) is 1.17. The van der Waals surface area contributed by atoms with Crippen molar-refractivity contribution in [3.8, 4) is 0 Å². The van der Waals surface area contributed by atoms with Gasteiger partial charge in [0, 0.05) is 17.8 Å². The van der Waals surface area contributed by atoms with Gasteiger partial charge in [0.05, 0.1) is 11.2 Å². The van der Waals surface area contributed by atoms with Crippen LogP contribution in [0.2, 0.25) is 5.15 Å². The topological polar surface area (TPSA) is 31.4 Å². The molecule has 1 aliphatic heterocycles. The van der Waals surface area contributed by atoms with Gasteiger partial charge in [0.1, 0.15) is 11.0 Å². The monoisotopic (exact) mass is 283 g/mol. The molecular formula is C13H16BClFNO2. The molecule has 0 spiro atoms. The minimum Gasteiger partial charge on any atom is -0.400 e. The fourth-order valence-corrected chi connectivity index (χ4v) is 1.83. The highest BCUT2D eigenvalue weighted by atomic mass is 35.5. The quantitative estimate of drug-likeness (QED) is 0.615. The zero-order chi connectivity index (χ0) is 14.3. The Bertz CT molecular complexity index is 503. The normalized spacial score (nSPS) is 21.3. The molecule has 0 unspecified atom stereocenters. The van der Waals surface area contributed by atoms with Gasteiger partial charge in [-0.05, 0) is 27.7 Å². The molecule has 6 heteroatoms. The van der Waals surface area contributed by atoms with E-state index in [0.29, 0.717) is 5.56 Å². The highest BCUT2D eigenvalue weighted by Gasteiger charge is 2.49. The second kappa shape index (κ2) is 4.89. The van der Waals surface area contributed by atoms with Crippen LogP contribution in [-0.4, -0.2) is 23.3 Å². The number of halogens is 2. The van der Waals surface area contributed by atoms with E-state index in [2.05, 4.69) is 4.98 Å². The smallest absolute Gasteiger partial charge is 0.400 e. The highest BCUT2D eigenvalue weighted by molar-refractivity contribution is 6.52. The predicted molar refractivity (Wildman–Crippen MR) is 74.3 cm³/mol. The Morgan fingerprint density at radius 2 is 1.84 bits per heavy atom. The van der Waals surface area contributed by atoms with E-state index >= 15 is 0 Å². The standard InChI is InChI=1S/C13H16BClFNO2/c1-12(2)13(3,4)19-14(18-12)6-5-9-8-17-11(15)7-10(9)16/h5-8H,1-4H3/b6-5+. The Morgan fingerprint density at radius 3 is 2.37 bits per heavy atom. The molecule has 2 heterocycles. The molecule has 0 atom stereocenters. The Balaban J connectivity index is 2.13. The summed E-state index contributed by atoms with van der Waals surface area (Å²) >= 11 is 5.59. The Hall–Kier alpha value is -0.905. The van der Waals surface area contributed by atoms with Crippen LogP contribution < -0.4 is 0 Å². The number of rotatable bonds is 2. The molecule has 1 aliphatic rings. The molecule has 1 aromatic rings. The molecule has 1 aromatic heterocycles. The van der Waals surface area contributed by atoms with Crippen LogP contribution in [0.25, 0.3) is 6.08 Å². The molecule has 1 saturated heterocycles. The lowest BCUT2D eigenvalue weighted by Gasteiger charge is -2.32. The van der Waals surface area contributed by atoms with Crippen molar-refractivity contribution in [1.29, 1.82) is 0 Å². The van der Waals surface area contributed by atoms with Gasteiger partial charge >= 0.3 is 7.12 Å². The average molecular weight is 284 g/mol. The summed E-state index contributed by atoms with van der Waals surface area (Å²) in [4.78, 5) is 3.83. The lowest BCUT2D eigenvalue weighted by Crippen LogP contribution is -2.41. The van der Waals surface area contributed by atoms with Crippen LogP contribution in [0, 0.1) is 5.82 Å². The van der Waals surface area contributed by atoms with Crippen molar-refractivity contribution in [2.24, 2.45) is 0 Å². The summed E-state index contributed by atoms with van der Waals surface area (Å²) in [5, 5.41) is 0.130. The summed E-state index contributed by atoms with van der Waals surface area (Å²) in [5.41, 5.74) is -0.462. The zero-order valence-electron chi connectivity index (χ0n) is 11.4. The first-order valence-electron chi connectivity index (χ1n) is 6.06. The number of pyridine rings is 1. The number of hydrogen-bond donors (Lipinski definition) is 0. The van der Waals surface area contributed by atoms with Crippen LogP contribution in [0.15, 0.2) is 18.2 Å². The van der Waals surface area contributed by atoms with E-state index in [1.807, 2.05) is 27.7 Å². The van der Waals surface area contributed by atoms with Crippen LogP contribution >= 0.6 is 11.6 Å². The summed E-state index contributed by atoms with van der Waals surface area (Å²) in [6.07, 6.45) is 2.96. The molecule has 0 bridgehead atoms. The van der Waals surface area contributed by atoms with Gasteiger partial charge in [0.25, 0.3) is 0 Å². The third-order valence-electron chi connectivity index (χ3n) is 3.55. The predicted octanol–water partition coefficient (Wildman–Crippen LogP) is 3.52. The van der Waals surface area contributed by atoms with Crippen LogP contribution in [0.4, 0.5) is 4.39 Å². The fraction of sp³-hybridized carbons (Fsp3) is 0.462. The van der Waals surface area contributed by atoms with E-state index in [4.69, 9.17) is 20.9 Å². The Morgan fingerprint density at radius 1 is 1.26 bits per heavy atom. The van der Waals surface area contributed by atoms with Gasteiger partial charge in [-0.3, -0.25) is 0 Å². The number of aromatic nitrogens is 1. The molecule has 0 N–H and O–H groups in total. The minimum absolute atomic E-state index is 0.130. The number of nitrogens with zero attached hydrogens (tertiary/aromatic N) is 1. The maximum absolute atomic E-state index is 13.6. The van der Waals surface area contributed by atoms with Gasteiger partial charge < -0.3 is 9.31 Å². The molecule has 19 heavy (non-hydrogen) atoms. The molecule has 102 valence electrons. The molecule has 0 aromatic carbocycles. The van der Waals surface area contributed by atoms with E-state index < -0.39 is 24.1 Å². The van der Waals surface area contributed by atoms with Crippen molar-refractivity contribution < 1.29 is 13.7 Å². The Labute approximate surface area is 117 Å². The van der Waals surface area contributed by atoms with Crippen LogP contribution in [0.3, 0.4) is 0 Å². The second-order valence-electron chi connectivity index (χ2n) is 5.51. The summed E-state index contributed by atoms with van der Waals surface area (Å²) in [5.74, 6) is 1.25.